The second kappa shape index (κ2) is 7.29. The third-order valence-corrected chi connectivity index (χ3v) is 5.53. The summed E-state index contributed by atoms with van der Waals surface area (Å²) in [6, 6.07) is 19.3. The number of fused-ring (bicyclic) bond motifs is 1. The molecule has 3 heterocycles. The molecule has 0 spiro atoms. The van der Waals surface area contributed by atoms with Crippen molar-refractivity contribution in [2.24, 2.45) is 0 Å². The highest BCUT2D eigenvalue weighted by atomic mass is 32.1. The van der Waals surface area contributed by atoms with Crippen LogP contribution in [0.2, 0.25) is 0 Å². The normalized spacial score (nSPS) is 10.9. The smallest absolute Gasteiger partial charge is 0.257 e. The molecule has 7 heteroatoms. The number of amides is 1. The number of thiazole rings is 1. The van der Waals surface area contributed by atoms with E-state index >= 15 is 0 Å². The number of carbonyl (C=O) groups is 1. The molecular weight excluding hydrogens is 382 g/mol. The molecule has 0 saturated carbocycles. The average molecular weight is 397 g/mol. The lowest BCUT2D eigenvalue weighted by Gasteiger charge is -2.07. The van der Waals surface area contributed by atoms with Crippen molar-refractivity contribution >= 4 is 33.1 Å². The first kappa shape index (κ1) is 17.3. The van der Waals surface area contributed by atoms with Crippen molar-refractivity contribution in [1.29, 1.82) is 0 Å². The van der Waals surface area contributed by atoms with E-state index in [4.69, 9.17) is 0 Å². The second-order valence-electron chi connectivity index (χ2n) is 6.40. The van der Waals surface area contributed by atoms with Gasteiger partial charge in [-0.2, -0.15) is 0 Å². The number of rotatable bonds is 4. The van der Waals surface area contributed by atoms with Gasteiger partial charge >= 0.3 is 0 Å². The molecule has 0 aliphatic rings. The first-order valence-electron chi connectivity index (χ1n) is 8.98. The first-order valence-corrected chi connectivity index (χ1v) is 9.80. The maximum Gasteiger partial charge on any atom is 0.257 e. The van der Waals surface area contributed by atoms with Gasteiger partial charge in [0, 0.05) is 29.8 Å². The zero-order valence-electron chi connectivity index (χ0n) is 15.2. The van der Waals surface area contributed by atoms with Crippen LogP contribution in [0.5, 0.6) is 0 Å². The molecule has 1 amide bonds. The Labute approximate surface area is 170 Å². The minimum atomic E-state index is -0.212. The molecule has 0 unspecified atom stereocenters. The number of imidazole rings is 1. The van der Waals surface area contributed by atoms with Crippen LogP contribution in [0.25, 0.3) is 26.6 Å². The number of carbonyl (C=O) groups excluding carboxylic acids is 1. The third-order valence-electron chi connectivity index (χ3n) is 4.44. The van der Waals surface area contributed by atoms with E-state index in [0.717, 1.165) is 20.8 Å². The topological polar surface area (TPSA) is 72.7 Å². The largest absolute Gasteiger partial charge is 0.322 e. The molecule has 1 N–H and O–H groups in total. The van der Waals surface area contributed by atoms with Crippen LogP contribution in [0.1, 0.15) is 10.4 Å². The molecule has 0 atom stereocenters. The van der Waals surface area contributed by atoms with Crippen molar-refractivity contribution in [2.75, 3.05) is 5.32 Å². The summed E-state index contributed by atoms with van der Waals surface area (Å²) in [5, 5.41) is 3.86. The third kappa shape index (κ3) is 3.51. The molecule has 6 nitrogen and oxygen atoms in total. The second-order valence-corrected chi connectivity index (χ2v) is 7.43. The zero-order valence-corrected chi connectivity index (χ0v) is 16.0. The molecule has 0 fully saturated rings. The van der Waals surface area contributed by atoms with Crippen molar-refractivity contribution in [2.45, 2.75) is 0 Å². The highest BCUT2D eigenvalue weighted by Gasteiger charge is 2.10. The molecule has 0 bridgehead atoms. The van der Waals surface area contributed by atoms with Gasteiger partial charge in [0.25, 0.3) is 5.91 Å². The van der Waals surface area contributed by atoms with Crippen molar-refractivity contribution in [1.82, 2.24) is 19.5 Å². The van der Waals surface area contributed by atoms with Crippen LogP contribution in [0.4, 0.5) is 5.69 Å². The Morgan fingerprint density at radius 3 is 2.76 bits per heavy atom. The van der Waals surface area contributed by atoms with E-state index in [0.29, 0.717) is 17.1 Å². The fourth-order valence-electron chi connectivity index (χ4n) is 3.00. The summed E-state index contributed by atoms with van der Waals surface area (Å²) >= 11 is 1.63. The van der Waals surface area contributed by atoms with Gasteiger partial charge in [-0.25, -0.2) is 15.0 Å². The lowest BCUT2D eigenvalue weighted by Crippen LogP contribution is -2.12. The molecule has 29 heavy (non-hydrogen) atoms. The average Bonchev–Trinajstić information content (AvgIpc) is 3.44. The van der Waals surface area contributed by atoms with E-state index in [-0.39, 0.29) is 5.91 Å². The molecule has 3 aromatic heterocycles. The Kier molecular flexibility index (Phi) is 4.34. The summed E-state index contributed by atoms with van der Waals surface area (Å²) in [7, 11) is 0. The Hall–Kier alpha value is -3.84. The lowest BCUT2D eigenvalue weighted by molar-refractivity contribution is 0.102. The number of para-hydroxylation sites is 1. The molecule has 140 valence electrons. The van der Waals surface area contributed by atoms with Gasteiger partial charge in [-0.15, -0.1) is 11.3 Å². The van der Waals surface area contributed by atoms with Gasteiger partial charge in [-0.1, -0.05) is 24.3 Å². The Morgan fingerprint density at radius 2 is 1.97 bits per heavy atom. The maximum absolute atomic E-state index is 12.6. The van der Waals surface area contributed by atoms with Gasteiger partial charge in [0.15, 0.2) is 0 Å². The number of benzene rings is 2. The monoisotopic (exact) mass is 397 g/mol. The lowest BCUT2D eigenvalue weighted by atomic mass is 10.2. The molecule has 5 rings (SSSR count). The summed E-state index contributed by atoms with van der Waals surface area (Å²) in [6.07, 6.45) is 6.70. The number of hydrogen-bond acceptors (Lipinski definition) is 5. The maximum atomic E-state index is 12.6. The predicted molar refractivity (Wildman–Crippen MR) is 114 cm³/mol. The highest BCUT2D eigenvalue weighted by molar-refractivity contribution is 7.21. The van der Waals surface area contributed by atoms with Gasteiger partial charge in [0.05, 0.1) is 15.8 Å². The van der Waals surface area contributed by atoms with Gasteiger partial charge in [0.1, 0.15) is 17.2 Å². The molecular formula is C22H15N5OS. The van der Waals surface area contributed by atoms with Crippen molar-refractivity contribution in [3.8, 4) is 16.4 Å². The van der Waals surface area contributed by atoms with Crippen molar-refractivity contribution in [3.05, 3.63) is 91.1 Å². The molecule has 5 aromatic rings. The van der Waals surface area contributed by atoms with Crippen LogP contribution in [-0.2, 0) is 0 Å². The fourth-order valence-corrected chi connectivity index (χ4v) is 3.96. The van der Waals surface area contributed by atoms with E-state index in [2.05, 4.69) is 26.3 Å². The van der Waals surface area contributed by atoms with Crippen LogP contribution in [0.15, 0.2) is 85.6 Å². The summed E-state index contributed by atoms with van der Waals surface area (Å²) in [5.41, 5.74) is 3.15. The SMILES string of the molecule is O=C(Nc1cccc(-c2nc3ccccc3s2)c1)c1ccc(-n2ccnc2)nc1. The minimum Gasteiger partial charge on any atom is -0.322 e. The number of aromatic nitrogens is 4. The Balaban J connectivity index is 1.36. The predicted octanol–water partition coefficient (Wildman–Crippen LogP) is 4.80. The number of pyridine rings is 1. The van der Waals surface area contributed by atoms with Crippen LogP contribution in [0, 0.1) is 0 Å². The van der Waals surface area contributed by atoms with Crippen LogP contribution in [0.3, 0.4) is 0 Å². The van der Waals surface area contributed by atoms with Crippen LogP contribution < -0.4 is 5.32 Å². The van der Waals surface area contributed by atoms with E-state index < -0.39 is 0 Å². The van der Waals surface area contributed by atoms with Gasteiger partial charge in [-0.05, 0) is 36.4 Å². The Bertz CT molecular complexity index is 1260. The number of anilines is 1. The zero-order chi connectivity index (χ0) is 19.6. The number of nitrogens with zero attached hydrogens (tertiary/aromatic N) is 4. The molecule has 0 radical (unpaired) electrons. The van der Waals surface area contributed by atoms with Crippen molar-refractivity contribution < 1.29 is 4.79 Å². The summed E-state index contributed by atoms with van der Waals surface area (Å²) in [4.78, 5) is 25.6. The van der Waals surface area contributed by atoms with E-state index in [1.165, 1.54) is 0 Å². The van der Waals surface area contributed by atoms with Gasteiger partial charge in [-0.3, -0.25) is 9.36 Å². The summed E-state index contributed by atoms with van der Waals surface area (Å²) in [6.45, 7) is 0. The Morgan fingerprint density at radius 1 is 1.03 bits per heavy atom. The van der Waals surface area contributed by atoms with E-state index in [9.17, 15) is 4.79 Å². The summed E-state index contributed by atoms with van der Waals surface area (Å²) < 4.78 is 2.92. The van der Waals surface area contributed by atoms with E-state index in [1.54, 1.807) is 53.0 Å². The highest BCUT2D eigenvalue weighted by Crippen LogP contribution is 2.31. The van der Waals surface area contributed by atoms with Crippen LogP contribution in [-0.4, -0.2) is 25.4 Å². The van der Waals surface area contributed by atoms with Crippen LogP contribution >= 0.6 is 11.3 Å². The molecule has 0 saturated heterocycles. The number of nitrogens with one attached hydrogen (secondary N) is 1. The van der Waals surface area contributed by atoms with Gasteiger partial charge < -0.3 is 5.32 Å². The standard InChI is InChI=1S/C22H15N5OS/c28-21(16-8-9-20(24-13-16)27-11-10-23-14-27)25-17-5-3-4-15(12-17)22-26-18-6-1-2-7-19(18)29-22/h1-14H,(H,25,28). The molecule has 0 aliphatic heterocycles. The minimum absolute atomic E-state index is 0.212. The van der Waals surface area contributed by atoms with Crippen molar-refractivity contribution in [3.63, 3.8) is 0 Å². The summed E-state index contributed by atoms with van der Waals surface area (Å²) in [5.74, 6) is 0.494. The quantitative estimate of drug-likeness (QED) is 0.473. The fraction of sp³-hybridized carbons (Fsp3) is 0. The van der Waals surface area contributed by atoms with E-state index in [1.807, 2.05) is 42.5 Å². The number of hydrogen-bond donors (Lipinski definition) is 1. The first-order chi connectivity index (χ1) is 14.3. The molecule has 0 aliphatic carbocycles. The molecule has 2 aromatic carbocycles. The van der Waals surface area contributed by atoms with Gasteiger partial charge in [0.2, 0.25) is 0 Å².